The SMILES string of the molecule is COc1ccc(OC)c(N(CC(=O)N(Cc2ccccc2Cl)[C@@H](C)C(=O)NC(C)(C)C)S(=O)(=O)c2ccc(C)cc2)c1. The summed E-state index contributed by atoms with van der Waals surface area (Å²) in [5.74, 6) is -0.425. The molecule has 42 heavy (non-hydrogen) atoms. The number of sulfonamides is 1. The highest BCUT2D eigenvalue weighted by Gasteiger charge is 2.35. The molecule has 0 saturated carbocycles. The third kappa shape index (κ3) is 7.95. The van der Waals surface area contributed by atoms with Gasteiger partial charge < -0.3 is 19.7 Å². The smallest absolute Gasteiger partial charge is 0.264 e. The van der Waals surface area contributed by atoms with Gasteiger partial charge >= 0.3 is 0 Å². The lowest BCUT2D eigenvalue weighted by Gasteiger charge is -2.34. The maximum atomic E-state index is 14.2. The van der Waals surface area contributed by atoms with Crippen LogP contribution in [0.3, 0.4) is 0 Å². The summed E-state index contributed by atoms with van der Waals surface area (Å²) in [6, 6.07) is 17.0. The van der Waals surface area contributed by atoms with Crippen molar-refractivity contribution in [2.75, 3.05) is 25.1 Å². The van der Waals surface area contributed by atoms with Crippen LogP contribution in [0.4, 0.5) is 5.69 Å². The van der Waals surface area contributed by atoms with Crippen molar-refractivity contribution in [3.05, 3.63) is 82.9 Å². The Morgan fingerprint density at radius 2 is 1.62 bits per heavy atom. The Morgan fingerprint density at radius 3 is 2.19 bits per heavy atom. The monoisotopic (exact) mass is 615 g/mol. The fourth-order valence-corrected chi connectivity index (χ4v) is 5.82. The second-order valence-corrected chi connectivity index (χ2v) is 13.2. The third-order valence-electron chi connectivity index (χ3n) is 6.51. The molecule has 0 saturated heterocycles. The summed E-state index contributed by atoms with van der Waals surface area (Å²) in [6.07, 6.45) is 0. The molecule has 226 valence electrons. The zero-order valence-electron chi connectivity index (χ0n) is 25.0. The lowest BCUT2D eigenvalue weighted by molar-refractivity contribution is -0.140. The normalized spacial score (nSPS) is 12.3. The van der Waals surface area contributed by atoms with Crippen LogP contribution in [0.15, 0.2) is 71.6 Å². The minimum Gasteiger partial charge on any atom is -0.497 e. The Labute approximate surface area is 253 Å². The van der Waals surface area contributed by atoms with Crippen molar-refractivity contribution in [2.24, 2.45) is 0 Å². The maximum Gasteiger partial charge on any atom is 0.264 e. The highest BCUT2D eigenvalue weighted by Crippen LogP contribution is 2.36. The van der Waals surface area contributed by atoms with Crippen LogP contribution in [0.1, 0.15) is 38.8 Å². The number of hydrogen-bond donors (Lipinski definition) is 1. The molecule has 9 nitrogen and oxygen atoms in total. The molecule has 3 rings (SSSR count). The Kier molecular flexibility index (Phi) is 10.5. The number of nitrogens with one attached hydrogen (secondary N) is 1. The molecule has 3 aromatic carbocycles. The summed E-state index contributed by atoms with van der Waals surface area (Å²) in [7, 11) is -1.43. The number of amides is 2. The van der Waals surface area contributed by atoms with Gasteiger partial charge in [-0.05, 0) is 70.5 Å². The first-order valence-corrected chi connectivity index (χ1v) is 15.2. The van der Waals surface area contributed by atoms with Crippen LogP contribution in [0.5, 0.6) is 11.5 Å². The van der Waals surface area contributed by atoms with Crippen LogP contribution >= 0.6 is 11.6 Å². The van der Waals surface area contributed by atoms with Crippen molar-refractivity contribution in [2.45, 2.75) is 57.6 Å². The van der Waals surface area contributed by atoms with E-state index < -0.39 is 40.0 Å². The number of halogens is 1. The van der Waals surface area contributed by atoms with Gasteiger partial charge in [-0.2, -0.15) is 0 Å². The van der Waals surface area contributed by atoms with Gasteiger partial charge in [0, 0.05) is 23.2 Å². The molecule has 0 radical (unpaired) electrons. The maximum absolute atomic E-state index is 14.2. The van der Waals surface area contributed by atoms with E-state index in [1.807, 2.05) is 27.7 Å². The summed E-state index contributed by atoms with van der Waals surface area (Å²) in [5, 5.41) is 3.31. The van der Waals surface area contributed by atoms with E-state index in [2.05, 4.69) is 5.32 Å². The number of aryl methyl sites for hydroxylation is 1. The van der Waals surface area contributed by atoms with Crippen molar-refractivity contribution in [3.8, 4) is 11.5 Å². The average molecular weight is 616 g/mol. The molecule has 11 heteroatoms. The number of benzene rings is 3. The van der Waals surface area contributed by atoms with E-state index in [0.717, 1.165) is 9.87 Å². The minimum absolute atomic E-state index is 0.0121. The Hall–Kier alpha value is -3.76. The predicted molar refractivity (Wildman–Crippen MR) is 165 cm³/mol. The van der Waals surface area contributed by atoms with Crippen LogP contribution in [0, 0.1) is 6.92 Å². The van der Waals surface area contributed by atoms with E-state index >= 15 is 0 Å². The first-order valence-electron chi connectivity index (χ1n) is 13.3. The Morgan fingerprint density at radius 1 is 0.976 bits per heavy atom. The first kappa shape index (κ1) is 32.8. The zero-order chi connectivity index (χ0) is 31.2. The quantitative estimate of drug-likeness (QED) is 0.318. The van der Waals surface area contributed by atoms with Gasteiger partial charge in [-0.3, -0.25) is 13.9 Å². The summed E-state index contributed by atoms with van der Waals surface area (Å²) < 4.78 is 40.1. The molecule has 0 aromatic heterocycles. The fourth-order valence-electron chi connectivity index (χ4n) is 4.21. The number of carbonyl (C=O) groups excluding carboxylic acids is 2. The summed E-state index contributed by atoms with van der Waals surface area (Å²) in [4.78, 5) is 28.7. The van der Waals surface area contributed by atoms with Crippen LogP contribution < -0.4 is 19.1 Å². The van der Waals surface area contributed by atoms with Crippen LogP contribution in [0.25, 0.3) is 0 Å². The largest absolute Gasteiger partial charge is 0.497 e. The van der Waals surface area contributed by atoms with E-state index in [4.69, 9.17) is 21.1 Å². The van der Waals surface area contributed by atoms with Gasteiger partial charge in [0.05, 0.1) is 24.8 Å². The summed E-state index contributed by atoms with van der Waals surface area (Å²) >= 11 is 6.43. The molecular weight excluding hydrogens is 578 g/mol. The fraction of sp³-hybridized carbons (Fsp3) is 0.355. The lowest BCUT2D eigenvalue weighted by Crippen LogP contribution is -2.54. The molecule has 3 aromatic rings. The van der Waals surface area contributed by atoms with Gasteiger partial charge in [0.2, 0.25) is 11.8 Å². The number of rotatable bonds is 11. The third-order valence-corrected chi connectivity index (χ3v) is 8.65. The predicted octanol–water partition coefficient (Wildman–Crippen LogP) is 5.19. The van der Waals surface area contributed by atoms with Gasteiger partial charge in [0.15, 0.2) is 0 Å². The van der Waals surface area contributed by atoms with E-state index in [1.54, 1.807) is 55.5 Å². The minimum atomic E-state index is -4.29. The van der Waals surface area contributed by atoms with Crippen molar-refractivity contribution in [3.63, 3.8) is 0 Å². The zero-order valence-corrected chi connectivity index (χ0v) is 26.5. The van der Waals surface area contributed by atoms with E-state index in [9.17, 15) is 18.0 Å². The van der Waals surface area contributed by atoms with Crippen LogP contribution in [0.2, 0.25) is 5.02 Å². The van der Waals surface area contributed by atoms with Gasteiger partial charge in [0.1, 0.15) is 24.1 Å². The number of nitrogens with zero attached hydrogens (tertiary/aromatic N) is 2. The number of anilines is 1. The summed E-state index contributed by atoms with van der Waals surface area (Å²) in [6.45, 7) is 8.30. The molecule has 2 amide bonds. The molecular formula is C31H38ClN3O6S. The average Bonchev–Trinajstić information content (AvgIpc) is 2.93. The molecule has 0 bridgehead atoms. The van der Waals surface area contributed by atoms with Crippen molar-refractivity contribution in [1.82, 2.24) is 10.2 Å². The highest BCUT2D eigenvalue weighted by molar-refractivity contribution is 7.92. The van der Waals surface area contributed by atoms with Crippen molar-refractivity contribution >= 4 is 39.1 Å². The van der Waals surface area contributed by atoms with Crippen molar-refractivity contribution < 1.29 is 27.5 Å². The number of carbonyl (C=O) groups is 2. The molecule has 1 atom stereocenters. The molecule has 0 aliphatic carbocycles. The molecule has 0 aliphatic heterocycles. The number of hydrogen-bond acceptors (Lipinski definition) is 6. The van der Waals surface area contributed by atoms with Crippen LogP contribution in [-0.2, 0) is 26.2 Å². The molecule has 1 N–H and O–H groups in total. The summed E-state index contributed by atoms with van der Waals surface area (Å²) in [5.41, 5.74) is 1.03. The molecule has 0 heterocycles. The molecule has 0 fully saturated rings. The molecule has 0 unspecified atom stereocenters. The molecule has 0 aliphatic rings. The Balaban J connectivity index is 2.14. The van der Waals surface area contributed by atoms with E-state index in [1.165, 1.54) is 37.3 Å². The first-order chi connectivity index (χ1) is 19.7. The van der Waals surface area contributed by atoms with Gasteiger partial charge in [-0.15, -0.1) is 0 Å². The standard InChI is InChI=1S/C31H38ClN3O6S/c1-21-12-15-25(16-13-21)42(38,39)35(27-18-24(40-6)14-17-28(27)41-7)20-29(36)34(19-23-10-8-9-11-26(23)32)22(2)30(37)33-31(3,4)5/h8-18,22H,19-20H2,1-7H3,(H,33,37)/t22-/m0/s1. The van der Waals surface area contributed by atoms with Gasteiger partial charge in [-0.25, -0.2) is 8.42 Å². The van der Waals surface area contributed by atoms with Crippen LogP contribution in [-0.4, -0.2) is 57.5 Å². The second-order valence-electron chi connectivity index (χ2n) is 10.9. The van der Waals surface area contributed by atoms with E-state index in [0.29, 0.717) is 16.3 Å². The van der Waals surface area contributed by atoms with Gasteiger partial charge in [-0.1, -0.05) is 47.5 Å². The van der Waals surface area contributed by atoms with Gasteiger partial charge in [0.25, 0.3) is 10.0 Å². The van der Waals surface area contributed by atoms with E-state index in [-0.39, 0.29) is 22.9 Å². The Bertz CT molecular complexity index is 1520. The second kappa shape index (κ2) is 13.5. The van der Waals surface area contributed by atoms with Crippen molar-refractivity contribution in [1.29, 1.82) is 0 Å². The number of ether oxygens (including phenoxy) is 2. The number of methoxy groups -OCH3 is 2. The molecule has 0 spiro atoms. The topological polar surface area (TPSA) is 105 Å². The lowest BCUT2D eigenvalue weighted by atomic mass is 10.1. The highest BCUT2D eigenvalue weighted by atomic mass is 35.5.